The lowest BCUT2D eigenvalue weighted by molar-refractivity contribution is 0.396. The Labute approximate surface area is 94.2 Å². The molecule has 1 aromatic heterocycles. The first-order valence-electron chi connectivity index (χ1n) is 4.39. The number of nitrogens with zero attached hydrogens (tertiary/aromatic N) is 1. The molecule has 1 rings (SSSR count). The second-order valence-electron chi connectivity index (χ2n) is 2.90. The van der Waals surface area contributed by atoms with Crippen LogP contribution in [0.25, 0.3) is 0 Å². The molecule has 0 aliphatic heterocycles. The van der Waals surface area contributed by atoms with Gasteiger partial charge in [0, 0.05) is 18.1 Å². The first-order valence-corrected chi connectivity index (χ1v) is 6.57. The van der Waals surface area contributed by atoms with E-state index in [1.165, 1.54) is 25.4 Å². The molecule has 4 nitrogen and oxygen atoms in total. The maximum absolute atomic E-state index is 11.7. The topological polar surface area (TPSA) is 56.3 Å². The highest BCUT2D eigenvalue weighted by Gasteiger charge is 2.14. The molecular formula is C9H12ClNO3S. The lowest BCUT2D eigenvalue weighted by Gasteiger charge is -2.04. The Bertz CT molecular complexity index is 419. The fraction of sp³-hybridized carbons (Fsp3) is 0.444. The Balaban J connectivity index is 2.94. The fourth-order valence-electron chi connectivity index (χ4n) is 1.06. The summed E-state index contributed by atoms with van der Waals surface area (Å²) in [5.74, 6) is 0.674. The number of aromatic nitrogens is 1. The smallest absolute Gasteiger partial charge is 0.214 e. The van der Waals surface area contributed by atoms with Gasteiger partial charge in [0.05, 0.1) is 17.8 Å². The maximum atomic E-state index is 11.7. The van der Waals surface area contributed by atoms with Gasteiger partial charge >= 0.3 is 0 Å². The van der Waals surface area contributed by atoms with E-state index in [-0.39, 0.29) is 10.6 Å². The molecule has 0 radical (unpaired) electrons. The van der Waals surface area contributed by atoms with Gasteiger partial charge < -0.3 is 4.74 Å². The number of ether oxygens (including phenoxy) is 1. The minimum absolute atomic E-state index is 0.0453. The van der Waals surface area contributed by atoms with Gasteiger partial charge in [-0.15, -0.1) is 11.6 Å². The Kier molecular flexibility index (Phi) is 4.35. The van der Waals surface area contributed by atoms with Crippen LogP contribution in [0.5, 0.6) is 5.88 Å². The third-order valence-corrected chi connectivity index (χ3v) is 3.89. The Morgan fingerprint density at radius 3 is 2.87 bits per heavy atom. The van der Waals surface area contributed by atoms with Crippen molar-refractivity contribution in [3.05, 3.63) is 18.3 Å². The van der Waals surface area contributed by atoms with Gasteiger partial charge in [-0.05, 0) is 12.5 Å². The van der Waals surface area contributed by atoms with Crippen LogP contribution in [0.4, 0.5) is 0 Å². The van der Waals surface area contributed by atoms with Crippen molar-refractivity contribution in [3.8, 4) is 5.88 Å². The summed E-state index contributed by atoms with van der Waals surface area (Å²) in [6, 6.07) is 2.86. The van der Waals surface area contributed by atoms with E-state index in [4.69, 9.17) is 16.3 Å². The molecule has 0 aromatic carbocycles. The van der Waals surface area contributed by atoms with Crippen molar-refractivity contribution in [3.63, 3.8) is 0 Å². The molecule has 0 saturated carbocycles. The molecule has 0 aliphatic carbocycles. The van der Waals surface area contributed by atoms with Crippen LogP contribution in [0.2, 0.25) is 0 Å². The first kappa shape index (κ1) is 12.3. The molecule has 0 spiro atoms. The van der Waals surface area contributed by atoms with Gasteiger partial charge in [0.15, 0.2) is 9.84 Å². The van der Waals surface area contributed by atoms with E-state index >= 15 is 0 Å². The maximum Gasteiger partial charge on any atom is 0.214 e. The summed E-state index contributed by atoms with van der Waals surface area (Å²) >= 11 is 5.45. The molecule has 0 amide bonds. The van der Waals surface area contributed by atoms with Crippen LogP contribution in [0.3, 0.4) is 0 Å². The highest BCUT2D eigenvalue weighted by Crippen LogP contribution is 2.16. The third kappa shape index (κ3) is 3.35. The van der Waals surface area contributed by atoms with Gasteiger partial charge in [0.25, 0.3) is 0 Å². The van der Waals surface area contributed by atoms with Crippen LogP contribution in [-0.4, -0.2) is 32.1 Å². The molecule has 1 aromatic rings. The van der Waals surface area contributed by atoms with Gasteiger partial charge in [0.1, 0.15) is 0 Å². The summed E-state index contributed by atoms with van der Waals surface area (Å²) < 4.78 is 28.3. The van der Waals surface area contributed by atoms with Crippen molar-refractivity contribution >= 4 is 21.4 Å². The molecule has 0 N–H and O–H groups in total. The number of halogens is 1. The largest absolute Gasteiger partial charge is 0.481 e. The van der Waals surface area contributed by atoms with Crippen LogP contribution in [0.1, 0.15) is 6.42 Å². The van der Waals surface area contributed by atoms with E-state index in [9.17, 15) is 8.42 Å². The van der Waals surface area contributed by atoms with E-state index in [0.717, 1.165) is 0 Å². The molecule has 15 heavy (non-hydrogen) atoms. The summed E-state index contributed by atoms with van der Waals surface area (Å²) in [5.41, 5.74) is 0. The minimum Gasteiger partial charge on any atom is -0.481 e. The molecule has 0 atom stereocenters. The van der Waals surface area contributed by atoms with E-state index in [1.54, 1.807) is 0 Å². The average Bonchev–Trinajstić information content (AvgIpc) is 2.26. The van der Waals surface area contributed by atoms with Gasteiger partial charge in [-0.3, -0.25) is 0 Å². The molecule has 0 unspecified atom stereocenters. The van der Waals surface area contributed by atoms with E-state index in [1.807, 2.05) is 0 Å². The third-order valence-electron chi connectivity index (χ3n) is 1.82. The molecule has 0 fully saturated rings. The summed E-state index contributed by atoms with van der Waals surface area (Å²) in [7, 11) is -1.82. The zero-order valence-electron chi connectivity index (χ0n) is 8.31. The molecule has 1 heterocycles. The molecule has 0 saturated heterocycles. The predicted octanol–water partition coefficient (Wildman–Crippen LogP) is 1.49. The average molecular weight is 250 g/mol. The van der Waals surface area contributed by atoms with Crippen LogP contribution in [0.15, 0.2) is 23.2 Å². The Morgan fingerprint density at radius 2 is 2.27 bits per heavy atom. The van der Waals surface area contributed by atoms with Crippen LogP contribution < -0.4 is 4.74 Å². The summed E-state index contributed by atoms with van der Waals surface area (Å²) in [5, 5.41) is 0. The molecule has 84 valence electrons. The van der Waals surface area contributed by atoms with Crippen molar-refractivity contribution in [1.82, 2.24) is 4.98 Å². The molecule has 6 heteroatoms. The minimum atomic E-state index is -3.26. The lowest BCUT2D eigenvalue weighted by Crippen LogP contribution is -2.07. The van der Waals surface area contributed by atoms with E-state index < -0.39 is 9.84 Å². The number of methoxy groups -OCH3 is 1. The van der Waals surface area contributed by atoms with Gasteiger partial charge in [-0.25, -0.2) is 13.4 Å². The predicted molar refractivity (Wildman–Crippen MR) is 58.2 cm³/mol. The van der Waals surface area contributed by atoms with Gasteiger partial charge in [-0.1, -0.05) is 0 Å². The van der Waals surface area contributed by atoms with Crippen molar-refractivity contribution in [2.75, 3.05) is 18.7 Å². The number of alkyl halides is 1. The fourth-order valence-corrected chi connectivity index (χ4v) is 2.66. The van der Waals surface area contributed by atoms with Gasteiger partial charge in [-0.2, -0.15) is 0 Å². The lowest BCUT2D eigenvalue weighted by atomic mass is 10.5. The van der Waals surface area contributed by atoms with Gasteiger partial charge in [0.2, 0.25) is 5.88 Å². The van der Waals surface area contributed by atoms with Crippen LogP contribution in [0, 0.1) is 0 Å². The van der Waals surface area contributed by atoms with Crippen molar-refractivity contribution in [2.45, 2.75) is 11.3 Å². The number of sulfone groups is 1. The zero-order chi connectivity index (χ0) is 11.3. The second-order valence-corrected chi connectivity index (χ2v) is 5.38. The molecular weight excluding hydrogens is 238 g/mol. The quantitative estimate of drug-likeness (QED) is 0.742. The Hall–Kier alpha value is -0.810. The zero-order valence-corrected chi connectivity index (χ0v) is 9.88. The number of hydrogen-bond donors (Lipinski definition) is 0. The monoisotopic (exact) mass is 249 g/mol. The van der Waals surface area contributed by atoms with Crippen molar-refractivity contribution in [2.24, 2.45) is 0 Å². The molecule has 0 aliphatic rings. The van der Waals surface area contributed by atoms with Crippen molar-refractivity contribution in [1.29, 1.82) is 0 Å². The highest BCUT2D eigenvalue weighted by molar-refractivity contribution is 7.91. The van der Waals surface area contributed by atoms with E-state index in [2.05, 4.69) is 4.98 Å². The SMILES string of the molecule is COc1cc(S(=O)(=O)CCCCl)ccn1. The summed E-state index contributed by atoms with van der Waals surface area (Å²) in [6.07, 6.45) is 1.85. The molecule has 0 bridgehead atoms. The number of pyridine rings is 1. The summed E-state index contributed by atoms with van der Waals surface area (Å²) in [6.45, 7) is 0. The normalized spacial score (nSPS) is 11.3. The van der Waals surface area contributed by atoms with E-state index in [0.29, 0.717) is 18.2 Å². The second kappa shape index (κ2) is 5.32. The standard InChI is InChI=1S/C9H12ClNO3S/c1-14-9-7-8(3-5-11-9)15(12,13)6-2-4-10/h3,5,7H,2,4,6H2,1H3. The van der Waals surface area contributed by atoms with Crippen molar-refractivity contribution < 1.29 is 13.2 Å². The number of rotatable bonds is 5. The first-order chi connectivity index (χ1) is 7.10. The van der Waals surface area contributed by atoms with Crippen LogP contribution >= 0.6 is 11.6 Å². The number of hydrogen-bond acceptors (Lipinski definition) is 4. The summed E-state index contributed by atoms with van der Waals surface area (Å²) in [4.78, 5) is 4.06. The van der Waals surface area contributed by atoms with Crippen LogP contribution in [-0.2, 0) is 9.84 Å². The highest BCUT2D eigenvalue weighted by atomic mass is 35.5. The Morgan fingerprint density at radius 1 is 1.53 bits per heavy atom.